The van der Waals surface area contributed by atoms with E-state index >= 15 is 0 Å². The zero-order chi connectivity index (χ0) is 20.0. The van der Waals surface area contributed by atoms with Crippen LogP contribution in [0, 0.1) is 18.3 Å². The molecule has 0 bridgehead atoms. The molecule has 0 saturated heterocycles. The molecule has 0 spiro atoms. The summed E-state index contributed by atoms with van der Waals surface area (Å²) in [5.74, 6) is -0.193. The number of pyridine rings is 1. The molecule has 0 aliphatic heterocycles. The maximum absolute atomic E-state index is 12.5. The van der Waals surface area contributed by atoms with Crippen LogP contribution in [0.2, 0.25) is 10.0 Å². The summed E-state index contributed by atoms with van der Waals surface area (Å²) in [4.78, 5) is 16.8. The van der Waals surface area contributed by atoms with Crippen molar-refractivity contribution in [3.05, 3.63) is 55.3 Å². The summed E-state index contributed by atoms with van der Waals surface area (Å²) in [5, 5.41) is 20.9. The molecule has 5 nitrogen and oxygen atoms in total. The highest BCUT2D eigenvalue weighted by atomic mass is 35.5. The monoisotopic (exact) mass is 405 g/mol. The van der Waals surface area contributed by atoms with Crippen LogP contribution in [0.25, 0.3) is 0 Å². The summed E-state index contributed by atoms with van der Waals surface area (Å²) < 4.78 is 1.24. The predicted octanol–water partition coefficient (Wildman–Crippen LogP) is 5.37. The molecule has 27 heavy (non-hydrogen) atoms. The Labute approximate surface area is 168 Å². The summed E-state index contributed by atoms with van der Waals surface area (Å²) in [7, 11) is 0. The summed E-state index contributed by atoms with van der Waals surface area (Å²) in [6, 6.07) is 6.82. The fourth-order valence-electron chi connectivity index (χ4n) is 2.75. The molecule has 7 heteroatoms. The van der Waals surface area contributed by atoms with Gasteiger partial charge in [-0.1, -0.05) is 49.4 Å². The molecule has 142 valence electrons. The van der Waals surface area contributed by atoms with E-state index in [2.05, 4.69) is 11.9 Å². The molecule has 2 rings (SSSR count). The number of aliphatic imine (C=N–C) groups is 1. The minimum atomic E-state index is -0.481. The van der Waals surface area contributed by atoms with Crippen LogP contribution in [0.4, 0.5) is 5.69 Å². The van der Waals surface area contributed by atoms with E-state index in [1.54, 1.807) is 25.1 Å². The second-order valence-electron chi connectivity index (χ2n) is 6.22. The maximum Gasteiger partial charge on any atom is 0.271 e. The molecule has 0 fully saturated rings. The van der Waals surface area contributed by atoms with Gasteiger partial charge in [0.2, 0.25) is 5.88 Å². The number of hydrogen-bond donors (Lipinski definition) is 1. The standard InChI is InChI=1S/C20H21Cl2N3O2/c1-3-4-5-6-9-25-19(26)15(11-23)13(2)16(20(25)27)12-24-18-8-7-14(21)10-17(18)22/h7-8,10,12,27H,3-6,9H2,1-2H3. The van der Waals surface area contributed by atoms with Crippen LogP contribution >= 0.6 is 23.2 Å². The number of aromatic hydroxyl groups is 1. The van der Waals surface area contributed by atoms with Crippen LogP contribution in [0.3, 0.4) is 0 Å². The van der Waals surface area contributed by atoms with E-state index in [0.717, 1.165) is 25.7 Å². The lowest BCUT2D eigenvalue weighted by molar-refractivity contribution is 0.397. The molecular weight excluding hydrogens is 385 g/mol. The first-order valence-electron chi connectivity index (χ1n) is 8.76. The van der Waals surface area contributed by atoms with Crippen molar-refractivity contribution in [1.82, 2.24) is 4.57 Å². The van der Waals surface area contributed by atoms with E-state index in [1.165, 1.54) is 10.8 Å². The number of unbranched alkanes of at least 4 members (excludes halogenated alkanes) is 3. The first-order valence-corrected chi connectivity index (χ1v) is 9.51. The van der Waals surface area contributed by atoms with Gasteiger partial charge in [0.1, 0.15) is 11.6 Å². The summed E-state index contributed by atoms with van der Waals surface area (Å²) >= 11 is 12.0. The third-order valence-corrected chi connectivity index (χ3v) is 4.86. The Kier molecular flexibility index (Phi) is 7.46. The van der Waals surface area contributed by atoms with Crippen molar-refractivity contribution >= 4 is 35.1 Å². The number of rotatable bonds is 7. The topological polar surface area (TPSA) is 78.4 Å². The van der Waals surface area contributed by atoms with Gasteiger partial charge in [-0.05, 0) is 37.1 Å². The highest BCUT2D eigenvalue weighted by Crippen LogP contribution is 2.28. The van der Waals surface area contributed by atoms with Crippen molar-refractivity contribution in [3.8, 4) is 11.9 Å². The van der Waals surface area contributed by atoms with Crippen LogP contribution < -0.4 is 5.56 Å². The average Bonchev–Trinajstić information content (AvgIpc) is 2.63. The van der Waals surface area contributed by atoms with Gasteiger partial charge in [-0.25, -0.2) is 0 Å². The summed E-state index contributed by atoms with van der Waals surface area (Å²) in [6.45, 7) is 4.06. The van der Waals surface area contributed by atoms with Gasteiger partial charge in [0.25, 0.3) is 5.56 Å². The minimum Gasteiger partial charge on any atom is -0.494 e. The van der Waals surface area contributed by atoms with Crippen molar-refractivity contribution in [2.24, 2.45) is 4.99 Å². The summed E-state index contributed by atoms with van der Waals surface area (Å²) in [5.41, 5.74) is 0.711. The van der Waals surface area contributed by atoms with Crippen molar-refractivity contribution in [1.29, 1.82) is 5.26 Å². The zero-order valence-electron chi connectivity index (χ0n) is 15.3. The van der Waals surface area contributed by atoms with E-state index in [4.69, 9.17) is 23.2 Å². The lowest BCUT2D eigenvalue weighted by Crippen LogP contribution is -2.25. The second-order valence-corrected chi connectivity index (χ2v) is 7.06. The van der Waals surface area contributed by atoms with Crippen LogP contribution in [-0.4, -0.2) is 15.9 Å². The molecule has 0 radical (unpaired) electrons. The molecule has 1 heterocycles. The van der Waals surface area contributed by atoms with Gasteiger partial charge < -0.3 is 5.11 Å². The third-order valence-electron chi connectivity index (χ3n) is 4.32. The average molecular weight is 406 g/mol. The fraction of sp³-hybridized carbons (Fsp3) is 0.350. The zero-order valence-corrected chi connectivity index (χ0v) is 16.8. The Morgan fingerprint density at radius 1 is 1.30 bits per heavy atom. The van der Waals surface area contributed by atoms with Gasteiger partial charge in [0.05, 0.1) is 16.3 Å². The largest absolute Gasteiger partial charge is 0.494 e. The molecule has 1 N–H and O–H groups in total. The van der Waals surface area contributed by atoms with Gasteiger partial charge in [0.15, 0.2) is 0 Å². The molecular formula is C20H21Cl2N3O2. The van der Waals surface area contributed by atoms with E-state index in [9.17, 15) is 15.2 Å². The van der Waals surface area contributed by atoms with E-state index in [-0.39, 0.29) is 11.4 Å². The van der Waals surface area contributed by atoms with Crippen molar-refractivity contribution in [2.75, 3.05) is 0 Å². The van der Waals surface area contributed by atoms with E-state index in [0.29, 0.717) is 33.4 Å². The third kappa shape index (κ3) is 4.91. The summed E-state index contributed by atoms with van der Waals surface area (Å²) in [6.07, 6.45) is 5.23. The van der Waals surface area contributed by atoms with Gasteiger partial charge in [-0.2, -0.15) is 5.26 Å². The number of aromatic nitrogens is 1. The lowest BCUT2D eigenvalue weighted by atomic mass is 10.1. The highest BCUT2D eigenvalue weighted by molar-refractivity contribution is 6.36. The first-order chi connectivity index (χ1) is 12.9. The lowest BCUT2D eigenvalue weighted by Gasteiger charge is -2.14. The quantitative estimate of drug-likeness (QED) is 0.496. The van der Waals surface area contributed by atoms with Crippen molar-refractivity contribution < 1.29 is 5.11 Å². The molecule has 1 aromatic carbocycles. The normalized spacial score (nSPS) is 11.1. The van der Waals surface area contributed by atoms with Crippen LogP contribution in [0.15, 0.2) is 28.0 Å². The number of nitrogens with zero attached hydrogens (tertiary/aromatic N) is 3. The molecule has 0 aliphatic carbocycles. The van der Waals surface area contributed by atoms with Crippen LogP contribution in [0.1, 0.15) is 49.3 Å². The van der Waals surface area contributed by atoms with Crippen LogP contribution in [-0.2, 0) is 6.54 Å². The van der Waals surface area contributed by atoms with Gasteiger partial charge >= 0.3 is 0 Å². The van der Waals surface area contributed by atoms with Crippen LogP contribution in [0.5, 0.6) is 5.88 Å². The number of nitriles is 1. The molecule has 0 atom stereocenters. The predicted molar refractivity (Wildman–Crippen MR) is 110 cm³/mol. The molecule has 2 aromatic rings. The SMILES string of the molecule is CCCCCCn1c(O)c(C=Nc2ccc(Cl)cc2Cl)c(C)c(C#N)c1=O. The van der Waals surface area contributed by atoms with Crippen molar-refractivity contribution in [3.63, 3.8) is 0 Å². The Morgan fingerprint density at radius 3 is 2.67 bits per heavy atom. The number of benzene rings is 1. The fourth-order valence-corrected chi connectivity index (χ4v) is 3.21. The van der Waals surface area contributed by atoms with Gasteiger partial charge in [-0.3, -0.25) is 14.4 Å². The Balaban J connectivity index is 2.47. The van der Waals surface area contributed by atoms with E-state index in [1.807, 2.05) is 6.07 Å². The molecule has 0 saturated carbocycles. The Bertz CT molecular complexity index is 959. The molecule has 0 aliphatic rings. The first kappa shape index (κ1) is 21.0. The molecule has 0 amide bonds. The molecule has 0 unspecified atom stereocenters. The smallest absolute Gasteiger partial charge is 0.271 e. The van der Waals surface area contributed by atoms with Gasteiger partial charge in [-0.15, -0.1) is 0 Å². The van der Waals surface area contributed by atoms with Gasteiger partial charge in [0, 0.05) is 17.8 Å². The minimum absolute atomic E-state index is 0.00643. The van der Waals surface area contributed by atoms with E-state index < -0.39 is 5.56 Å². The second kappa shape index (κ2) is 9.59. The Morgan fingerprint density at radius 2 is 2.04 bits per heavy atom. The number of halogens is 2. The van der Waals surface area contributed by atoms with Crippen molar-refractivity contribution in [2.45, 2.75) is 46.1 Å². The highest BCUT2D eigenvalue weighted by Gasteiger charge is 2.17. The molecule has 1 aromatic heterocycles. The maximum atomic E-state index is 12.5. The Hall–Kier alpha value is -2.29. The number of hydrogen-bond acceptors (Lipinski definition) is 4.